The number of carbonyl (C=O) groups excluding carboxylic acids is 1. The van der Waals surface area contributed by atoms with Crippen molar-refractivity contribution in [2.45, 2.75) is 6.92 Å². The third-order valence-electron chi connectivity index (χ3n) is 1.79. The normalized spacial score (nSPS) is 10.8. The lowest BCUT2D eigenvalue weighted by Gasteiger charge is -2.01. The van der Waals surface area contributed by atoms with Gasteiger partial charge in [0.25, 0.3) is 0 Å². The summed E-state index contributed by atoms with van der Waals surface area (Å²) >= 11 is 5.83. The Kier molecular flexibility index (Phi) is 3.86. The molecule has 3 heteroatoms. The summed E-state index contributed by atoms with van der Waals surface area (Å²) in [5.74, 6) is -0.0609. The average Bonchev–Trinajstić information content (AvgIpc) is 2.16. The predicted molar refractivity (Wildman–Crippen MR) is 57.6 cm³/mol. The Morgan fingerprint density at radius 1 is 1.57 bits per heavy atom. The van der Waals surface area contributed by atoms with Crippen molar-refractivity contribution in [2.24, 2.45) is 0 Å². The van der Waals surface area contributed by atoms with Crippen molar-refractivity contribution in [2.75, 3.05) is 6.61 Å². The third-order valence-corrected chi connectivity index (χ3v) is 2.12. The lowest BCUT2D eigenvalue weighted by Crippen LogP contribution is -1.93. The van der Waals surface area contributed by atoms with Crippen LogP contribution in [0.4, 0.5) is 0 Å². The van der Waals surface area contributed by atoms with Crippen LogP contribution in [0, 0.1) is 0 Å². The Morgan fingerprint density at radius 3 is 2.86 bits per heavy atom. The first-order chi connectivity index (χ1) is 6.65. The lowest BCUT2D eigenvalue weighted by molar-refractivity contribution is 0.101. The van der Waals surface area contributed by atoms with Gasteiger partial charge >= 0.3 is 0 Å². The van der Waals surface area contributed by atoms with Crippen molar-refractivity contribution >= 4 is 23.5 Å². The summed E-state index contributed by atoms with van der Waals surface area (Å²) in [6, 6.07) is 5.17. The zero-order valence-electron chi connectivity index (χ0n) is 7.83. The van der Waals surface area contributed by atoms with Gasteiger partial charge < -0.3 is 5.11 Å². The second-order valence-corrected chi connectivity index (χ2v) is 3.29. The summed E-state index contributed by atoms with van der Waals surface area (Å²) in [5, 5.41) is 9.04. The predicted octanol–water partition coefficient (Wildman–Crippen LogP) is 2.55. The summed E-state index contributed by atoms with van der Waals surface area (Å²) in [7, 11) is 0. The van der Waals surface area contributed by atoms with Crippen LogP contribution in [0.2, 0.25) is 5.02 Å². The molecule has 0 atom stereocenters. The molecule has 0 saturated heterocycles. The Labute approximate surface area is 87.8 Å². The molecule has 0 amide bonds. The van der Waals surface area contributed by atoms with E-state index in [9.17, 15) is 4.79 Å². The highest BCUT2D eigenvalue weighted by Crippen LogP contribution is 2.18. The van der Waals surface area contributed by atoms with E-state index >= 15 is 0 Å². The van der Waals surface area contributed by atoms with Crippen LogP contribution in [0.25, 0.3) is 6.08 Å². The molecule has 1 aromatic carbocycles. The van der Waals surface area contributed by atoms with E-state index in [1.54, 1.807) is 30.4 Å². The van der Waals surface area contributed by atoms with Gasteiger partial charge in [-0.1, -0.05) is 29.8 Å². The highest BCUT2D eigenvalue weighted by atomic mass is 35.5. The van der Waals surface area contributed by atoms with Gasteiger partial charge in [0, 0.05) is 5.56 Å². The van der Waals surface area contributed by atoms with E-state index in [0.717, 1.165) is 5.56 Å². The number of aliphatic hydroxyl groups excluding tert-OH is 1. The van der Waals surface area contributed by atoms with Gasteiger partial charge in [-0.15, -0.1) is 0 Å². The molecule has 0 bridgehead atoms. The first-order valence-corrected chi connectivity index (χ1v) is 4.61. The fraction of sp³-hybridized carbons (Fsp3) is 0.182. The minimum absolute atomic E-state index is 0.0158. The average molecular weight is 211 g/mol. The van der Waals surface area contributed by atoms with Crippen LogP contribution in [0.15, 0.2) is 24.3 Å². The van der Waals surface area contributed by atoms with Crippen molar-refractivity contribution in [1.29, 1.82) is 0 Å². The number of rotatable bonds is 3. The van der Waals surface area contributed by atoms with Crippen molar-refractivity contribution in [3.8, 4) is 0 Å². The highest BCUT2D eigenvalue weighted by Gasteiger charge is 2.04. The van der Waals surface area contributed by atoms with Crippen LogP contribution >= 0.6 is 11.6 Å². The molecule has 0 aliphatic rings. The van der Waals surface area contributed by atoms with E-state index in [1.165, 1.54) is 6.92 Å². The maximum absolute atomic E-state index is 11.1. The van der Waals surface area contributed by atoms with E-state index < -0.39 is 0 Å². The highest BCUT2D eigenvalue weighted by molar-refractivity contribution is 6.33. The fourth-order valence-corrected chi connectivity index (χ4v) is 1.36. The Balaban J connectivity index is 3.06. The third kappa shape index (κ3) is 2.69. The fourth-order valence-electron chi connectivity index (χ4n) is 1.11. The van der Waals surface area contributed by atoms with E-state index in [2.05, 4.69) is 0 Å². The van der Waals surface area contributed by atoms with Crippen LogP contribution in [0.5, 0.6) is 0 Å². The molecule has 0 saturated carbocycles. The summed E-state index contributed by atoms with van der Waals surface area (Å²) in [5.41, 5.74) is 1.36. The van der Waals surface area contributed by atoms with Gasteiger partial charge in [0.15, 0.2) is 5.78 Å². The standard InChI is InChI=1S/C11H11ClO2/c1-8(14)10-7-9(3-2-6-13)4-5-11(10)12/h2-5,7,13H,6H2,1H3. The molecule has 1 aromatic rings. The first kappa shape index (κ1) is 11.0. The van der Waals surface area contributed by atoms with Crippen LogP contribution in [0.3, 0.4) is 0 Å². The molecular weight excluding hydrogens is 200 g/mol. The van der Waals surface area contributed by atoms with Crippen molar-refractivity contribution < 1.29 is 9.90 Å². The van der Waals surface area contributed by atoms with Crippen LogP contribution in [0.1, 0.15) is 22.8 Å². The summed E-state index contributed by atoms with van der Waals surface area (Å²) in [4.78, 5) is 11.1. The molecule has 0 spiro atoms. The van der Waals surface area contributed by atoms with E-state index in [0.29, 0.717) is 10.6 Å². The SMILES string of the molecule is CC(=O)c1cc(C=CCO)ccc1Cl. The molecule has 1 rings (SSSR count). The van der Waals surface area contributed by atoms with Crippen molar-refractivity contribution in [1.82, 2.24) is 0 Å². The van der Waals surface area contributed by atoms with Crippen LogP contribution in [-0.4, -0.2) is 17.5 Å². The van der Waals surface area contributed by atoms with Gasteiger partial charge in [0.05, 0.1) is 11.6 Å². The number of aliphatic hydroxyl groups is 1. The Bertz CT molecular complexity index is 370. The zero-order valence-corrected chi connectivity index (χ0v) is 8.58. The minimum atomic E-state index is -0.0609. The minimum Gasteiger partial charge on any atom is -0.392 e. The zero-order chi connectivity index (χ0) is 10.6. The molecule has 0 radical (unpaired) electrons. The van der Waals surface area contributed by atoms with E-state index in [4.69, 9.17) is 16.7 Å². The first-order valence-electron chi connectivity index (χ1n) is 4.23. The van der Waals surface area contributed by atoms with Gasteiger partial charge in [0.2, 0.25) is 0 Å². The number of ketones is 1. The summed E-state index contributed by atoms with van der Waals surface area (Å²) in [6.07, 6.45) is 3.34. The number of halogens is 1. The van der Waals surface area contributed by atoms with Crippen LogP contribution < -0.4 is 0 Å². The van der Waals surface area contributed by atoms with Gasteiger partial charge in [-0.25, -0.2) is 0 Å². The van der Waals surface area contributed by atoms with Gasteiger partial charge in [-0.05, 0) is 24.6 Å². The number of benzene rings is 1. The number of hydrogen-bond acceptors (Lipinski definition) is 2. The maximum Gasteiger partial charge on any atom is 0.161 e. The number of Topliss-reactive ketones (excluding diaryl/α,β-unsaturated/α-hetero) is 1. The molecule has 74 valence electrons. The largest absolute Gasteiger partial charge is 0.392 e. The molecular formula is C11H11ClO2. The monoisotopic (exact) mass is 210 g/mol. The molecule has 0 aliphatic carbocycles. The molecule has 0 unspecified atom stereocenters. The van der Waals surface area contributed by atoms with Gasteiger partial charge in [-0.2, -0.15) is 0 Å². The topological polar surface area (TPSA) is 37.3 Å². The molecule has 0 aliphatic heterocycles. The second kappa shape index (κ2) is 4.94. The maximum atomic E-state index is 11.1. The smallest absolute Gasteiger partial charge is 0.161 e. The summed E-state index contributed by atoms with van der Waals surface area (Å²) in [6.45, 7) is 1.46. The quantitative estimate of drug-likeness (QED) is 0.779. The number of carbonyl (C=O) groups is 1. The van der Waals surface area contributed by atoms with E-state index in [1.807, 2.05) is 0 Å². The summed E-state index contributed by atoms with van der Waals surface area (Å²) < 4.78 is 0. The molecule has 2 nitrogen and oxygen atoms in total. The number of hydrogen-bond donors (Lipinski definition) is 1. The van der Waals surface area contributed by atoms with E-state index in [-0.39, 0.29) is 12.4 Å². The second-order valence-electron chi connectivity index (χ2n) is 2.88. The van der Waals surface area contributed by atoms with Gasteiger partial charge in [-0.3, -0.25) is 4.79 Å². The molecule has 0 heterocycles. The molecule has 0 aromatic heterocycles. The van der Waals surface area contributed by atoms with Crippen LogP contribution in [-0.2, 0) is 0 Å². The molecule has 14 heavy (non-hydrogen) atoms. The lowest BCUT2D eigenvalue weighted by atomic mass is 10.1. The van der Waals surface area contributed by atoms with Gasteiger partial charge in [0.1, 0.15) is 0 Å². The Morgan fingerprint density at radius 2 is 2.29 bits per heavy atom. The Hall–Kier alpha value is -1.12. The molecule has 1 N–H and O–H groups in total. The van der Waals surface area contributed by atoms with Crippen molar-refractivity contribution in [3.05, 3.63) is 40.4 Å². The van der Waals surface area contributed by atoms with Crippen molar-refractivity contribution in [3.63, 3.8) is 0 Å². The molecule has 0 fully saturated rings.